The number of amides is 2. The smallest absolute Gasteiger partial charge is 0.251 e. The second-order valence-electron chi connectivity index (χ2n) is 4.26. The minimum Gasteiger partial charge on any atom is -0.355 e. The fourth-order valence-corrected chi connectivity index (χ4v) is 1.61. The maximum absolute atomic E-state index is 11.6. The summed E-state index contributed by atoms with van der Waals surface area (Å²) in [7, 11) is 3.30. The largest absolute Gasteiger partial charge is 0.355 e. The fourth-order valence-electron chi connectivity index (χ4n) is 1.61. The van der Waals surface area contributed by atoms with Crippen molar-refractivity contribution in [3.8, 4) is 0 Å². The standard InChI is InChI=1S/C13H19N3O2/c1-9(14)13(18)16(3)8-10-4-6-11(7-5-10)12(17)15-2/h4-7,9H,8,14H2,1-3H3,(H,15,17)/t9-/m0/s1. The molecule has 0 unspecified atom stereocenters. The first kappa shape index (κ1) is 14.2. The number of hydrogen-bond acceptors (Lipinski definition) is 3. The van der Waals surface area contributed by atoms with E-state index in [1.165, 1.54) is 0 Å². The SMILES string of the molecule is CNC(=O)c1ccc(CN(C)C(=O)[C@H](C)N)cc1. The molecule has 0 fully saturated rings. The number of carbonyl (C=O) groups is 2. The summed E-state index contributed by atoms with van der Waals surface area (Å²) in [5, 5.41) is 2.55. The summed E-state index contributed by atoms with van der Waals surface area (Å²) in [6, 6.07) is 6.63. The minimum atomic E-state index is -0.500. The quantitative estimate of drug-likeness (QED) is 0.808. The van der Waals surface area contributed by atoms with Crippen molar-refractivity contribution in [3.63, 3.8) is 0 Å². The highest BCUT2D eigenvalue weighted by molar-refractivity contribution is 5.93. The third-order valence-corrected chi connectivity index (χ3v) is 2.63. The van der Waals surface area contributed by atoms with Crippen LogP contribution < -0.4 is 11.1 Å². The van der Waals surface area contributed by atoms with E-state index < -0.39 is 6.04 Å². The number of rotatable bonds is 4. The van der Waals surface area contributed by atoms with Crippen LogP contribution in [0.25, 0.3) is 0 Å². The molecule has 1 aromatic carbocycles. The Bertz CT molecular complexity index is 426. The van der Waals surface area contributed by atoms with Crippen molar-refractivity contribution >= 4 is 11.8 Å². The molecule has 1 aromatic rings. The summed E-state index contributed by atoms with van der Waals surface area (Å²) in [5.74, 6) is -0.230. The van der Waals surface area contributed by atoms with Gasteiger partial charge in [0.25, 0.3) is 5.91 Å². The van der Waals surface area contributed by atoms with E-state index in [0.29, 0.717) is 12.1 Å². The molecule has 3 N–H and O–H groups in total. The van der Waals surface area contributed by atoms with E-state index in [2.05, 4.69) is 5.32 Å². The summed E-state index contributed by atoms with van der Waals surface area (Å²) in [4.78, 5) is 24.5. The molecule has 2 amide bonds. The third-order valence-electron chi connectivity index (χ3n) is 2.63. The van der Waals surface area contributed by atoms with Gasteiger partial charge in [0.05, 0.1) is 6.04 Å². The second-order valence-corrected chi connectivity index (χ2v) is 4.26. The Morgan fingerprint density at radius 3 is 2.33 bits per heavy atom. The Kier molecular flexibility index (Phi) is 4.85. The maximum atomic E-state index is 11.6. The molecule has 18 heavy (non-hydrogen) atoms. The van der Waals surface area contributed by atoms with Crippen LogP contribution in [-0.4, -0.2) is 36.9 Å². The Morgan fingerprint density at radius 2 is 1.89 bits per heavy atom. The lowest BCUT2D eigenvalue weighted by Gasteiger charge is -2.19. The van der Waals surface area contributed by atoms with Gasteiger partial charge in [-0.3, -0.25) is 9.59 Å². The topological polar surface area (TPSA) is 75.4 Å². The maximum Gasteiger partial charge on any atom is 0.251 e. The third kappa shape index (κ3) is 3.56. The van der Waals surface area contributed by atoms with E-state index in [9.17, 15) is 9.59 Å². The van der Waals surface area contributed by atoms with Gasteiger partial charge in [0.1, 0.15) is 0 Å². The Labute approximate surface area is 107 Å². The van der Waals surface area contributed by atoms with Crippen molar-refractivity contribution in [2.24, 2.45) is 5.73 Å². The highest BCUT2D eigenvalue weighted by Crippen LogP contribution is 2.07. The zero-order valence-corrected chi connectivity index (χ0v) is 10.9. The van der Waals surface area contributed by atoms with Gasteiger partial charge in [0, 0.05) is 26.2 Å². The molecule has 0 spiro atoms. The number of hydrogen-bond donors (Lipinski definition) is 2. The number of likely N-dealkylation sites (N-methyl/N-ethyl adjacent to an activating group) is 1. The molecule has 0 aliphatic rings. The van der Waals surface area contributed by atoms with Gasteiger partial charge < -0.3 is 16.0 Å². The molecule has 1 atom stereocenters. The number of carbonyl (C=O) groups excluding carboxylic acids is 2. The van der Waals surface area contributed by atoms with Crippen LogP contribution in [0.1, 0.15) is 22.8 Å². The van der Waals surface area contributed by atoms with Crippen LogP contribution in [0.15, 0.2) is 24.3 Å². The van der Waals surface area contributed by atoms with E-state index in [1.807, 2.05) is 12.1 Å². The Balaban J connectivity index is 2.69. The lowest BCUT2D eigenvalue weighted by molar-refractivity contribution is -0.131. The summed E-state index contributed by atoms with van der Waals surface area (Å²) in [5.41, 5.74) is 7.09. The predicted molar refractivity (Wildman–Crippen MR) is 70.0 cm³/mol. The van der Waals surface area contributed by atoms with Gasteiger partial charge in [-0.2, -0.15) is 0 Å². The molecular formula is C13H19N3O2. The Morgan fingerprint density at radius 1 is 1.33 bits per heavy atom. The molecule has 98 valence electrons. The highest BCUT2D eigenvalue weighted by Gasteiger charge is 2.13. The van der Waals surface area contributed by atoms with Crippen LogP contribution in [0.2, 0.25) is 0 Å². The van der Waals surface area contributed by atoms with Gasteiger partial charge in [-0.1, -0.05) is 12.1 Å². The summed E-state index contributed by atoms with van der Waals surface area (Å²) < 4.78 is 0. The molecule has 5 heteroatoms. The molecule has 0 saturated carbocycles. The molecule has 0 aliphatic heterocycles. The first-order chi connectivity index (χ1) is 8.45. The minimum absolute atomic E-state index is 0.106. The molecule has 0 radical (unpaired) electrons. The van der Waals surface area contributed by atoms with Gasteiger partial charge in [-0.15, -0.1) is 0 Å². The summed E-state index contributed by atoms with van der Waals surface area (Å²) >= 11 is 0. The summed E-state index contributed by atoms with van der Waals surface area (Å²) in [6.45, 7) is 2.14. The highest BCUT2D eigenvalue weighted by atomic mass is 16.2. The van der Waals surface area contributed by atoms with Crippen molar-refractivity contribution < 1.29 is 9.59 Å². The molecule has 0 aliphatic carbocycles. The molecule has 5 nitrogen and oxygen atoms in total. The number of nitrogens with zero attached hydrogens (tertiary/aromatic N) is 1. The lowest BCUT2D eigenvalue weighted by Crippen LogP contribution is -2.39. The van der Waals surface area contributed by atoms with Crippen LogP contribution in [0.5, 0.6) is 0 Å². The van der Waals surface area contributed by atoms with Crippen molar-refractivity contribution in [3.05, 3.63) is 35.4 Å². The Hall–Kier alpha value is -1.88. The number of nitrogens with two attached hydrogens (primary N) is 1. The number of nitrogens with one attached hydrogen (secondary N) is 1. The van der Waals surface area contributed by atoms with Crippen LogP contribution in [0.3, 0.4) is 0 Å². The molecule has 0 aromatic heterocycles. The second kappa shape index (κ2) is 6.16. The average Bonchev–Trinajstić information content (AvgIpc) is 2.37. The zero-order chi connectivity index (χ0) is 13.7. The van der Waals surface area contributed by atoms with Crippen LogP contribution >= 0.6 is 0 Å². The number of benzene rings is 1. The van der Waals surface area contributed by atoms with Crippen LogP contribution in [0, 0.1) is 0 Å². The van der Waals surface area contributed by atoms with E-state index in [4.69, 9.17) is 5.73 Å². The van der Waals surface area contributed by atoms with Gasteiger partial charge in [0.15, 0.2) is 0 Å². The predicted octanol–water partition coefficient (Wildman–Crippen LogP) is 0.352. The van der Waals surface area contributed by atoms with E-state index in [-0.39, 0.29) is 11.8 Å². The molecule has 0 bridgehead atoms. The molecule has 0 heterocycles. The van der Waals surface area contributed by atoms with Gasteiger partial charge in [-0.25, -0.2) is 0 Å². The van der Waals surface area contributed by atoms with Crippen molar-refractivity contribution in [2.45, 2.75) is 19.5 Å². The van der Waals surface area contributed by atoms with E-state index in [1.54, 1.807) is 38.1 Å². The first-order valence-corrected chi connectivity index (χ1v) is 5.77. The van der Waals surface area contributed by atoms with Crippen LogP contribution in [-0.2, 0) is 11.3 Å². The fraction of sp³-hybridized carbons (Fsp3) is 0.385. The average molecular weight is 249 g/mol. The van der Waals surface area contributed by atoms with E-state index >= 15 is 0 Å². The first-order valence-electron chi connectivity index (χ1n) is 5.77. The zero-order valence-electron chi connectivity index (χ0n) is 10.9. The van der Waals surface area contributed by atoms with E-state index in [0.717, 1.165) is 5.56 Å². The van der Waals surface area contributed by atoms with Gasteiger partial charge in [0.2, 0.25) is 5.91 Å². The molecule has 0 saturated heterocycles. The summed E-state index contributed by atoms with van der Waals surface area (Å²) in [6.07, 6.45) is 0. The normalized spacial score (nSPS) is 11.8. The van der Waals surface area contributed by atoms with Crippen LogP contribution in [0.4, 0.5) is 0 Å². The van der Waals surface area contributed by atoms with Crippen molar-refractivity contribution in [2.75, 3.05) is 14.1 Å². The van der Waals surface area contributed by atoms with Gasteiger partial charge >= 0.3 is 0 Å². The van der Waals surface area contributed by atoms with Crippen molar-refractivity contribution in [1.82, 2.24) is 10.2 Å². The molecule has 1 rings (SSSR count). The van der Waals surface area contributed by atoms with Gasteiger partial charge in [-0.05, 0) is 24.6 Å². The lowest BCUT2D eigenvalue weighted by atomic mass is 10.1. The molecular weight excluding hydrogens is 230 g/mol. The monoisotopic (exact) mass is 249 g/mol. The van der Waals surface area contributed by atoms with Crippen molar-refractivity contribution in [1.29, 1.82) is 0 Å².